The molecule has 0 radical (unpaired) electrons. The fraction of sp³-hybridized carbons (Fsp3) is 0.429. The van der Waals surface area contributed by atoms with Crippen molar-refractivity contribution in [3.8, 4) is 0 Å². The maximum absolute atomic E-state index is 11.9. The summed E-state index contributed by atoms with van der Waals surface area (Å²) in [4.78, 5) is 24.1. The lowest BCUT2D eigenvalue weighted by Crippen LogP contribution is -2.43. The first kappa shape index (κ1) is 16.0. The van der Waals surface area contributed by atoms with Crippen LogP contribution in [0.25, 0.3) is 0 Å². The molecular weight excluding hydrogens is 260 g/mol. The number of ether oxygens (including phenoxy) is 1. The van der Waals surface area contributed by atoms with Gasteiger partial charge >= 0.3 is 12.0 Å². The maximum atomic E-state index is 11.9. The highest BCUT2D eigenvalue weighted by atomic mass is 16.5. The lowest BCUT2D eigenvalue weighted by molar-refractivity contribution is 0.0697. The molecule has 2 N–H and O–H groups in total. The summed E-state index contributed by atoms with van der Waals surface area (Å²) in [5.74, 6) is -0.962. The van der Waals surface area contributed by atoms with Gasteiger partial charge in [0.2, 0.25) is 0 Å². The average Bonchev–Trinajstić information content (AvgIpc) is 2.39. The highest BCUT2D eigenvalue weighted by Gasteiger charge is 2.12. The standard InChI is InChI=1S/C14H20N2O4/c1-10(9-20-3)15-14(19)16(2)8-11-4-6-12(7-5-11)13(17)18/h4-7,10H,8-9H2,1-3H3,(H,15,19)(H,17,18). The molecule has 0 saturated carbocycles. The molecule has 0 aliphatic carbocycles. The highest BCUT2D eigenvalue weighted by molar-refractivity contribution is 5.87. The Morgan fingerprint density at radius 1 is 1.35 bits per heavy atom. The second-order valence-electron chi connectivity index (χ2n) is 4.66. The van der Waals surface area contributed by atoms with Gasteiger partial charge in [0.05, 0.1) is 18.2 Å². The first-order chi connectivity index (χ1) is 9.43. The topological polar surface area (TPSA) is 78.9 Å². The highest BCUT2D eigenvalue weighted by Crippen LogP contribution is 2.07. The Balaban J connectivity index is 2.54. The first-order valence-corrected chi connectivity index (χ1v) is 6.27. The predicted molar refractivity (Wildman–Crippen MR) is 74.7 cm³/mol. The Morgan fingerprint density at radius 3 is 2.45 bits per heavy atom. The third kappa shape index (κ3) is 4.89. The smallest absolute Gasteiger partial charge is 0.335 e. The third-order valence-corrected chi connectivity index (χ3v) is 2.75. The first-order valence-electron chi connectivity index (χ1n) is 6.27. The number of hydrogen-bond acceptors (Lipinski definition) is 3. The van der Waals surface area contributed by atoms with Crippen molar-refractivity contribution in [2.45, 2.75) is 19.5 Å². The Hall–Kier alpha value is -2.08. The number of nitrogens with one attached hydrogen (secondary N) is 1. The number of benzene rings is 1. The molecule has 1 aromatic rings. The van der Waals surface area contributed by atoms with Crippen LogP contribution in [0.15, 0.2) is 24.3 Å². The number of urea groups is 1. The van der Waals surface area contributed by atoms with Crippen molar-refractivity contribution in [2.75, 3.05) is 20.8 Å². The summed E-state index contributed by atoms with van der Waals surface area (Å²) in [6.45, 7) is 2.72. The molecule has 0 bridgehead atoms. The average molecular weight is 280 g/mol. The Morgan fingerprint density at radius 2 is 1.95 bits per heavy atom. The van der Waals surface area contributed by atoms with Crippen LogP contribution in [-0.2, 0) is 11.3 Å². The molecule has 6 heteroatoms. The van der Waals surface area contributed by atoms with E-state index in [0.717, 1.165) is 5.56 Å². The van der Waals surface area contributed by atoms with E-state index in [1.54, 1.807) is 26.3 Å². The van der Waals surface area contributed by atoms with Crippen LogP contribution in [-0.4, -0.2) is 48.8 Å². The SMILES string of the molecule is COCC(C)NC(=O)N(C)Cc1ccc(C(=O)O)cc1. The van der Waals surface area contributed by atoms with Crippen molar-refractivity contribution in [1.29, 1.82) is 0 Å². The van der Waals surface area contributed by atoms with Crippen LogP contribution in [0.3, 0.4) is 0 Å². The van der Waals surface area contributed by atoms with E-state index in [-0.39, 0.29) is 17.6 Å². The number of carboxylic acid groups (broad SMARTS) is 1. The zero-order valence-electron chi connectivity index (χ0n) is 11.9. The minimum absolute atomic E-state index is 0.0654. The molecule has 1 unspecified atom stereocenters. The van der Waals surface area contributed by atoms with Crippen LogP contribution in [0.5, 0.6) is 0 Å². The molecule has 0 fully saturated rings. The Bertz CT molecular complexity index is 459. The normalized spacial score (nSPS) is 11.8. The molecule has 2 amide bonds. The second-order valence-corrected chi connectivity index (χ2v) is 4.66. The van der Waals surface area contributed by atoms with Gasteiger partial charge in [-0.15, -0.1) is 0 Å². The quantitative estimate of drug-likeness (QED) is 0.829. The monoisotopic (exact) mass is 280 g/mol. The molecule has 0 aliphatic rings. The van der Waals surface area contributed by atoms with Gasteiger partial charge < -0.3 is 20.1 Å². The summed E-state index contributed by atoms with van der Waals surface area (Å²) in [5, 5.41) is 11.6. The van der Waals surface area contributed by atoms with E-state index < -0.39 is 5.97 Å². The van der Waals surface area contributed by atoms with E-state index in [1.807, 2.05) is 6.92 Å². The summed E-state index contributed by atoms with van der Waals surface area (Å²) in [6, 6.07) is 6.19. The second kappa shape index (κ2) is 7.49. The number of methoxy groups -OCH3 is 1. The van der Waals surface area contributed by atoms with Crippen molar-refractivity contribution in [2.24, 2.45) is 0 Å². The fourth-order valence-electron chi connectivity index (χ4n) is 1.71. The van der Waals surface area contributed by atoms with Gasteiger partial charge in [0.25, 0.3) is 0 Å². The molecule has 0 saturated heterocycles. The molecule has 110 valence electrons. The molecule has 1 atom stereocenters. The molecule has 0 aromatic heterocycles. The Kier molecular flexibility index (Phi) is 5.99. The minimum atomic E-state index is -0.962. The lowest BCUT2D eigenvalue weighted by Gasteiger charge is -2.21. The van der Waals surface area contributed by atoms with E-state index in [2.05, 4.69) is 5.32 Å². The molecular formula is C14H20N2O4. The predicted octanol–water partition coefficient (Wildman–Crippen LogP) is 1.56. The van der Waals surface area contributed by atoms with Gasteiger partial charge in [-0.2, -0.15) is 0 Å². The van der Waals surface area contributed by atoms with E-state index in [0.29, 0.717) is 13.2 Å². The maximum Gasteiger partial charge on any atom is 0.335 e. The van der Waals surface area contributed by atoms with Crippen LogP contribution >= 0.6 is 0 Å². The number of hydrogen-bond donors (Lipinski definition) is 2. The number of aromatic carboxylic acids is 1. The van der Waals surface area contributed by atoms with Gasteiger partial charge in [-0.05, 0) is 24.6 Å². The van der Waals surface area contributed by atoms with Crippen molar-refractivity contribution in [3.63, 3.8) is 0 Å². The number of nitrogens with zero attached hydrogens (tertiary/aromatic N) is 1. The van der Waals surface area contributed by atoms with Crippen molar-refractivity contribution < 1.29 is 19.4 Å². The molecule has 0 spiro atoms. The van der Waals surface area contributed by atoms with Crippen LogP contribution < -0.4 is 5.32 Å². The van der Waals surface area contributed by atoms with Gasteiger partial charge in [0.1, 0.15) is 0 Å². The van der Waals surface area contributed by atoms with E-state index in [1.165, 1.54) is 17.0 Å². The van der Waals surface area contributed by atoms with E-state index in [9.17, 15) is 9.59 Å². The van der Waals surface area contributed by atoms with E-state index >= 15 is 0 Å². The molecule has 0 aliphatic heterocycles. The number of carbonyl (C=O) groups is 2. The summed E-state index contributed by atoms with van der Waals surface area (Å²) < 4.78 is 4.95. The Labute approximate surface area is 118 Å². The van der Waals surface area contributed by atoms with Crippen molar-refractivity contribution >= 4 is 12.0 Å². The van der Waals surface area contributed by atoms with Gasteiger partial charge in [0, 0.05) is 20.7 Å². The number of carboxylic acids is 1. The zero-order chi connectivity index (χ0) is 15.1. The van der Waals surface area contributed by atoms with Gasteiger partial charge in [-0.1, -0.05) is 12.1 Å². The lowest BCUT2D eigenvalue weighted by atomic mass is 10.1. The molecule has 1 rings (SSSR count). The van der Waals surface area contributed by atoms with Crippen molar-refractivity contribution in [1.82, 2.24) is 10.2 Å². The molecule has 0 heterocycles. The van der Waals surface area contributed by atoms with Crippen molar-refractivity contribution in [3.05, 3.63) is 35.4 Å². The summed E-state index contributed by atoms with van der Waals surface area (Å²) in [6.07, 6.45) is 0. The zero-order valence-corrected chi connectivity index (χ0v) is 11.9. The van der Waals surface area contributed by atoms with Crippen LogP contribution in [0.4, 0.5) is 4.79 Å². The summed E-state index contributed by atoms with van der Waals surface area (Å²) in [5.41, 5.74) is 1.10. The molecule has 1 aromatic carbocycles. The molecule has 6 nitrogen and oxygen atoms in total. The number of carbonyl (C=O) groups excluding carboxylic acids is 1. The summed E-state index contributed by atoms with van der Waals surface area (Å²) >= 11 is 0. The minimum Gasteiger partial charge on any atom is -0.478 e. The number of rotatable bonds is 6. The summed E-state index contributed by atoms with van der Waals surface area (Å²) in [7, 11) is 3.26. The number of amides is 2. The largest absolute Gasteiger partial charge is 0.478 e. The fourth-order valence-corrected chi connectivity index (χ4v) is 1.71. The molecule has 20 heavy (non-hydrogen) atoms. The third-order valence-electron chi connectivity index (χ3n) is 2.75. The van der Waals surface area contributed by atoms with Crippen LogP contribution in [0.2, 0.25) is 0 Å². The van der Waals surface area contributed by atoms with Crippen LogP contribution in [0, 0.1) is 0 Å². The van der Waals surface area contributed by atoms with Crippen LogP contribution in [0.1, 0.15) is 22.8 Å². The van der Waals surface area contributed by atoms with Gasteiger partial charge in [0.15, 0.2) is 0 Å². The van der Waals surface area contributed by atoms with Gasteiger partial charge in [-0.25, -0.2) is 9.59 Å². The van der Waals surface area contributed by atoms with E-state index in [4.69, 9.17) is 9.84 Å². The van der Waals surface area contributed by atoms with Gasteiger partial charge in [-0.3, -0.25) is 0 Å².